The minimum atomic E-state index is -0.302. The molecule has 0 saturated heterocycles. The van der Waals surface area contributed by atoms with Crippen LogP contribution in [0.1, 0.15) is 17.3 Å². The number of thiazole rings is 1. The number of fused-ring (bicyclic) bond motifs is 1. The molecule has 2 aromatic carbocycles. The van der Waals surface area contributed by atoms with Crippen LogP contribution in [0.3, 0.4) is 0 Å². The van der Waals surface area contributed by atoms with Gasteiger partial charge in [0.25, 0.3) is 11.8 Å². The van der Waals surface area contributed by atoms with E-state index in [-0.39, 0.29) is 18.4 Å². The summed E-state index contributed by atoms with van der Waals surface area (Å²) in [5.41, 5.74) is 2.68. The van der Waals surface area contributed by atoms with Gasteiger partial charge in [0.2, 0.25) is 0 Å². The van der Waals surface area contributed by atoms with E-state index in [1.807, 2.05) is 30.5 Å². The van der Waals surface area contributed by atoms with Gasteiger partial charge in [-0.05, 0) is 43.3 Å². The highest BCUT2D eigenvalue weighted by atomic mass is 32.1. The van der Waals surface area contributed by atoms with E-state index < -0.39 is 0 Å². The fourth-order valence-electron chi connectivity index (χ4n) is 3.32. The van der Waals surface area contributed by atoms with Crippen LogP contribution >= 0.6 is 11.3 Å². The Morgan fingerprint density at radius 2 is 2.00 bits per heavy atom. The van der Waals surface area contributed by atoms with Gasteiger partial charge in [-0.2, -0.15) is 0 Å². The first kappa shape index (κ1) is 20.7. The Hall–Kier alpha value is -3.59. The number of carbonyl (C=O) groups is 2. The third kappa shape index (κ3) is 4.04. The third-order valence-corrected chi connectivity index (χ3v) is 5.64. The van der Waals surface area contributed by atoms with Crippen LogP contribution in [-0.2, 0) is 4.79 Å². The molecule has 1 aliphatic rings. The Kier molecular flexibility index (Phi) is 5.77. The maximum absolute atomic E-state index is 12.6. The number of likely N-dealkylation sites (N-methyl/N-ethyl adjacent to an activating group) is 1. The van der Waals surface area contributed by atoms with E-state index in [2.05, 4.69) is 10.3 Å². The molecule has 1 aromatic heterocycles. The molecule has 0 unspecified atom stereocenters. The lowest BCUT2D eigenvalue weighted by atomic mass is 10.1. The van der Waals surface area contributed by atoms with E-state index >= 15 is 0 Å². The lowest BCUT2D eigenvalue weighted by molar-refractivity contribution is -0.121. The minimum Gasteiger partial charge on any atom is -0.493 e. The van der Waals surface area contributed by atoms with Crippen LogP contribution in [0, 0.1) is 0 Å². The molecule has 160 valence electrons. The van der Waals surface area contributed by atoms with Crippen LogP contribution in [0.5, 0.6) is 17.2 Å². The number of carbonyl (C=O) groups excluding carboxylic acids is 2. The Balaban J connectivity index is 1.55. The summed E-state index contributed by atoms with van der Waals surface area (Å²) < 4.78 is 16.0. The van der Waals surface area contributed by atoms with E-state index in [4.69, 9.17) is 14.2 Å². The van der Waals surface area contributed by atoms with Crippen molar-refractivity contribution in [3.8, 4) is 28.5 Å². The Bertz CT molecular complexity index is 1140. The van der Waals surface area contributed by atoms with Crippen LogP contribution in [-0.4, -0.2) is 44.2 Å². The molecule has 0 aliphatic carbocycles. The number of benzene rings is 2. The summed E-state index contributed by atoms with van der Waals surface area (Å²) in [6.07, 6.45) is 0. The predicted molar refractivity (Wildman–Crippen MR) is 119 cm³/mol. The first-order valence-corrected chi connectivity index (χ1v) is 10.5. The number of ether oxygens (including phenoxy) is 3. The number of nitrogens with zero attached hydrogens (tertiary/aromatic N) is 2. The predicted octanol–water partition coefficient (Wildman–Crippen LogP) is 3.82. The zero-order valence-electron chi connectivity index (χ0n) is 17.3. The quantitative estimate of drug-likeness (QED) is 0.628. The second kappa shape index (κ2) is 8.65. The molecular formula is C22H21N3O5S. The zero-order chi connectivity index (χ0) is 22.0. The van der Waals surface area contributed by atoms with Crippen molar-refractivity contribution in [2.45, 2.75) is 6.92 Å². The Morgan fingerprint density at radius 1 is 1.19 bits per heavy atom. The maximum Gasteiger partial charge on any atom is 0.265 e. The number of hydrogen-bond donors (Lipinski definition) is 1. The summed E-state index contributed by atoms with van der Waals surface area (Å²) >= 11 is 1.32. The second-order valence-electron chi connectivity index (χ2n) is 6.67. The van der Waals surface area contributed by atoms with Crippen molar-refractivity contribution in [2.24, 2.45) is 0 Å². The number of rotatable bonds is 6. The number of amides is 2. The standard InChI is InChI=1S/C22H21N3O5S/c1-4-25-16-9-13(5-7-17(16)30-11-20(25)26)15-12-31-22(23-15)24-21(27)14-6-8-18(28-2)19(10-14)29-3/h5-10,12H,4,11H2,1-3H3,(H,23,24,27). The molecule has 31 heavy (non-hydrogen) atoms. The zero-order valence-corrected chi connectivity index (χ0v) is 18.1. The molecule has 8 nitrogen and oxygen atoms in total. The normalized spacial score (nSPS) is 12.7. The SMILES string of the molecule is CCN1C(=O)COc2ccc(-c3csc(NC(=O)c4ccc(OC)c(OC)c4)n3)cc21. The fraction of sp³-hybridized carbons (Fsp3) is 0.227. The van der Waals surface area contributed by atoms with Gasteiger partial charge in [0, 0.05) is 23.1 Å². The second-order valence-corrected chi connectivity index (χ2v) is 7.53. The highest BCUT2D eigenvalue weighted by Crippen LogP contribution is 2.37. The van der Waals surface area contributed by atoms with Crippen molar-refractivity contribution in [1.82, 2.24) is 4.98 Å². The first-order valence-electron chi connectivity index (χ1n) is 9.60. The minimum absolute atomic E-state index is 0.0449. The highest BCUT2D eigenvalue weighted by molar-refractivity contribution is 7.14. The van der Waals surface area contributed by atoms with Crippen LogP contribution in [0.15, 0.2) is 41.8 Å². The molecule has 0 saturated carbocycles. The van der Waals surface area contributed by atoms with Gasteiger partial charge in [0.05, 0.1) is 25.6 Å². The van der Waals surface area contributed by atoms with Gasteiger partial charge < -0.3 is 19.1 Å². The molecule has 4 rings (SSSR count). The molecule has 1 N–H and O–H groups in total. The van der Waals surface area contributed by atoms with Crippen molar-refractivity contribution in [3.05, 3.63) is 47.3 Å². The Labute approximate surface area is 183 Å². The van der Waals surface area contributed by atoms with Gasteiger partial charge in [-0.3, -0.25) is 14.9 Å². The van der Waals surface area contributed by atoms with E-state index in [1.54, 1.807) is 23.1 Å². The van der Waals surface area contributed by atoms with E-state index in [1.165, 1.54) is 25.6 Å². The van der Waals surface area contributed by atoms with Crippen LogP contribution in [0.2, 0.25) is 0 Å². The summed E-state index contributed by atoms with van der Waals surface area (Å²) in [7, 11) is 3.06. The van der Waals surface area contributed by atoms with Gasteiger partial charge in [-0.25, -0.2) is 4.98 Å². The smallest absolute Gasteiger partial charge is 0.265 e. The van der Waals surface area contributed by atoms with Crippen molar-refractivity contribution >= 4 is 34.0 Å². The van der Waals surface area contributed by atoms with E-state index in [9.17, 15) is 9.59 Å². The summed E-state index contributed by atoms with van der Waals surface area (Å²) in [4.78, 5) is 31.0. The van der Waals surface area contributed by atoms with Gasteiger partial charge in [-0.1, -0.05) is 0 Å². The molecule has 9 heteroatoms. The van der Waals surface area contributed by atoms with Crippen molar-refractivity contribution in [3.63, 3.8) is 0 Å². The van der Waals surface area contributed by atoms with Gasteiger partial charge in [0.1, 0.15) is 5.75 Å². The monoisotopic (exact) mass is 439 g/mol. The van der Waals surface area contributed by atoms with Crippen molar-refractivity contribution < 1.29 is 23.8 Å². The summed E-state index contributed by atoms with van der Waals surface area (Å²) in [5.74, 6) is 1.31. The number of anilines is 2. The molecule has 0 bridgehead atoms. The average molecular weight is 439 g/mol. The topological polar surface area (TPSA) is 90.0 Å². The van der Waals surface area contributed by atoms with E-state index in [0.717, 1.165) is 11.3 Å². The average Bonchev–Trinajstić information content (AvgIpc) is 3.26. The summed E-state index contributed by atoms with van der Waals surface area (Å²) in [6.45, 7) is 2.52. The molecular weight excluding hydrogens is 418 g/mol. The number of hydrogen-bond acceptors (Lipinski definition) is 7. The molecule has 0 spiro atoms. The lowest BCUT2D eigenvalue weighted by Crippen LogP contribution is -2.38. The third-order valence-electron chi connectivity index (χ3n) is 4.88. The molecule has 3 aromatic rings. The van der Waals surface area contributed by atoms with E-state index in [0.29, 0.717) is 40.2 Å². The largest absolute Gasteiger partial charge is 0.493 e. The van der Waals surface area contributed by atoms with Crippen LogP contribution in [0.4, 0.5) is 10.8 Å². The number of methoxy groups -OCH3 is 2. The molecule has 1 aliphatic heterocycles. The van der Waals surface area contributed by atoms with Crippen LogP contribution < -0.4 is 24.4 Å². The van der Waals surface area contributed by atoms with Gasteiger partial charge in [-0.15, -0.1) is 11.3 Å². The molecule has 0 fully saturated rings. The fourth-order valence-corrected chi connectivity index (χ4v) is 4.03. The van der Waals surface area contributed by atoms with Gasteiger partial charge in [0.15, 0.2) is 23.2 Å². The van der Waals surface area contributed by atoms with Crippen LogP contribution in [0.25, 0.3) is 11.3 Å². The van der Waals surface area contributed by atoms with Gasteiger partial charge >= 0.3 is 0 Å². The molecule has 2 amide bonds. The summed E-state index contributed by atoms with van der Waals surface area (Å²) in [6, 6.07) is 10.5. The molecule has 0 atom stereocenters. The first-order chi connectivity index (χ1) is 15.0. The van der Waals surface area contributed by atoms with Crippen molar-refractivity contribution in [1.29, 1.82) is 0 Å². The maximum atomic E-state index is 12.6. The Morgan fingerprint density at radius 3 is 2.74 bits per heavy atom. The number of aromatic nitrogens is 1. The lowest BCUT2D eigenvalue weighted by Gasteiger charge is -2.28. The highest BCUT2D eigenvalue weighted by Gasteiger charge is 2.25. The molecule has 2 heterocycles. The number of nitrogens with one attached hydrogen (secondary N) is 1. The summed E-state index contributed by atoms with van der Waals surface area (Å²) in [5, 5.41) is 5.13. The van der Waals surface area contributed by atoms with Crippen molar-refractivity contribution in [2.75, 3.05) is 37.6 Å². The molecule has 0 radical (unpaired) electrons.